The van der Waals surface area contributed by atoms with Gasteiger partial charge in [-0.15, -0.1) is 0 Å². The minimum absolute atomic E-state index is 0.776. The lowest BCUT2D eigenvalue weighted by molar-refractivity contribution is -0.165. The number of piperidine rings is 1. The summed E-state index contributed by atoms with van der Waals surface area (Å²) in [6, 6.07) is 11.8. The normalized spacial score (nSPS) is 16.2. The SMILES string of the molecule is O=C(O)[C@H](O)[C@@H](O)C(=O)O.c1ccc(Oc2coc(CN3CCCCC3)c2)cc1. The van der Waals surface area contributed by atoms with Gasteiger partial charge in [-0.1, -0.05) is 24.6 Å². The third kappa shape index (κ3) is 7.57. The number of hydrogen-bond acceptors (Lipinski definition) is 7. The molecular weight excluding hydrogens is 382 g/mol. The third-order valence-electron chi connectivity index (χ3n) is 4.24. The zero-order chi connectivity index (χ0) is 21.2. The van der Waals surface area contributed by atoms with Gasteiger partial charge in [0.2, 0.25) is 0 Å². The van der Waals surface area contributed by atoms with Crippen molar-refractivity contribution >= 4 is 11.9 Å². The molecule has 0 unspecified atom stereocenters. The molecule has 0 amide bonds. The Bertz CT molecular complexity index is 752. The number of para-hydroxylation sites is 1. The smallest absolute Gasteiger partial charge is 0.335 e. The quantitative estimate of drug-likeness (QED) is 0.542. The van der Waals surface area contributed by atoms with Crippen molar-refractivity contribution in [1.82, 2.24) is 4.90 Å². The number of aliphatic hydroxyl groups excluding tert-OH is 2. The molecule has 1 fully saturated rings. The first-order valence-corrected chi connectivity index (χ1v) is 9.21. The van der Waals surface area contributed by atoms with Crippen molar-refractivity contribution < 1.29 is 39.2 Å². The minimum Gasteiger partial charge on any atom is -0.479 e. The van der Waals surface area contributed by atoms with Crippen molar-refractivity contribution in [3.63, 3.8) is 0 Å². The summed E-state index contributed by atoms with van der Waals surface area (Å²) in [6.07, 6.45) is 1.11. The monoisotopic (exact) mass is 407 g/mol. The molecule has 0 bridgehead atoms. The summed E-state index contributed by atoms with van der Waals surface area (Å²) in [6.45, 7) is 3.24. The number of aliphatic carboxylic acids is 2. The van der Waals surface area contributed by atoms with Crippen LogP contribution in [-0.2, 0) is 16.1 Å². The molecule has 2 heterocycles. The first-order chi connectivity index (χ1) is 13.9. The van der Waals surface area contributed by atoms with Gasteiger partial charge in [0.05, 0.1) is 6.54 Å². The highest BCUT2D eigenvalue weighted by Gasteiger charge is 2.29. The van der Waals surface area contributed by atoms with E-state index in [-0.39, 0.29) is 0 Å². The maximum Gasteiger partial charge on any atom is 0.335 e. The average Bonchev–Trinajstić information content (AvgIpc) is 3.15. The molecule has 1 aromatic carbocycles. The summed E-state index contributed by atoms with van der Waals surface area (Å²) in [7, 11) is 0. The Kier molecular flexibility index (Phi) is 8.66. The van der Waals surface area contributed by atoms with Crippen molar-refractivity contribution in [2.45, 2.75) is 38.0 Å². The molecule has 158 valence electrons. The Morgan fingerprint density at radius 3 is 2.10 bits per heavy atom. The molecule has 3 rings (SSSR count). The van der Waals surface area contributed by atoms with Gasteiger partial charge in [-0.25, -0.2) is 9.59 Å². The van der Waals surface area contributed by atoms with E-state index < -0.39 is 24.1 Å². The number of benzene rings is 1. The average molecular weight is 407 g/mol. The highest BCUT2D eigenvalue weighted by molar-refractivity contribution is 5.83. The van der Waals surface area contributed by atoms with Gasteiger partial charge in [-0.2, -0.15) is 0 Å². The molecule has 0 radical (unpaired) electrons. The molecule has 1 aliphatic rings. The number of carbonyl (C=O) groups is 2. The number of rotatable bonds is 7. The molecule has 4 N–H and O–H groups in total. The number of ether oxygens (including phenoxy) is 1. The lowest BCUT2D eigenvalue weighted by Crippen LogP contribution is -2.39. The standard InChI is InChI=1S/C16H19NO2.C4H6O6/c1-3-7-14(8-4-1)19-16-11-15(18-13-16)12-17-9-5-2-6-10-17;5-1(3(7)8)2(6)4(9)10/h1,3-4,7-8,11,13H,2,5-6,9-10,12H2;1-2,5-6H,(H,7,8)(H,9,10)/t;1-,2-/m.1/s1. The summed E-state index contributed by atoms with van der Waals surface area (Å²) >= 11 is 0. The first-order valence-electron chi connectivity index (χ1n) is 9.21. The molecule has 1 saturated heterocycles. The van der Waals surface area contributed by atoms with Crippen LogP contribution in [0.3, 0.4) is 0 Å². The van der Waals surface area contributed by atoms with Crippen LogP contribution >= 0.6 is 0 Å². The van der Waals surface area contributed by atoms with E-state index in [1.165, 1.54) is 32.4 Å². The number of hydrogen-bond donors (Lipinski definition) is 4. The van der Waals surface area contributed by atoms with E-state index in [0.717, 1.165) is 23.8 Å². The largest absolute Gasteiger partial charge is 0.479 e. The van der Waals surface area contributed by atoms with Crippen molar-refractivity contribution in [2.75, 3.05) is 13.1 Å². The summed E-state index contributed by atoms with van der Waals surface area (Å²) < 4.78 is 11.3. The zero-order valence-electron chi connectivity index (χ0n) is 15.8. The highest BCUT2D eigenvalue weighted by atomic mass is 16.5. The van der Waals surface area contributed by atoms with Gasteiger partial charge in [-0.3, -0.25) is 4.90 Å². The van der Waals surface area contributed by atoms with Crippen LogP contribution in [0.2, 0.25) is 0 Å². The Labute approximate surface area is 167 Å². The van der Waals surface area contributed by atoms with Crippen LogP contribution in [-0.4, -0.2) is 62.6 Å². The van der Waals surface area contributed by atoms with Crippen molar-refractivity contribution in [3.05, 3.63) is 48.4 Å². The van der Waals surface area contributed by atoms with Crippen molar-refractivity contribution in [3.8, 4) is 11.5 Å². The summed E-state index contributed by atoms with van der Waals surface area (Å²) in [5.41, 5.74) is 0. The third-order valence-corrected chi connectivity index (χ3v) is 4.24. The molecule has 29 heavy (non-hydrogen) atoms. The van der Waals surface area contributed by atoms with Crippen LogP contribution in [0.15, 0.2) is 47.1 Å². The van der Waals surface area contributed by atoms with Gasteiger partial charge in [0.15, 0.2) is 18.0 Å². The van der Waals surface area contributed by atoms with Crippen molar-refractivity contribution in [1.29, 1.82) is 0 Å². The minimum atomic E-state index is -2.27. The predicted octanol–water partition coefficient (Wildman–Crippen LogP) is 1.94. The van der Waals surface area contributed by atoms with Crippen LogP contribution in [0.5, 0.6) is 11.5 Å². The van der Waals surface area contributed by atoms with Gasteiger partial charge in [0.1, 0.15) is 17.8 Å². The predicted molar refractivity (Wildman–Crippen MR) is 102 cm³/mol. The fourth-order valence-electron chi connectivity index (χ4n) is 2.73. The fraction of sp³-hybridized carbons (Fsp3) is 0.400. The van der Waals surface area contributed by atoms with E-state index in [1.807, 2.05) is 36.4 Å². The van der Waals surface area contributed by atoms with Crippen LogP contribution < -0.4 is 4.74 Å². The topological polar surface area (TPSA) is 141 Å². The van der Waals surface area contributed by atoms with Gasteiger partial charge in [0.25, 0.3) is 0 Å². The van der Waals surface area contributed by atoms with Crippen LogP contribution in [0.1, 0.15) is 25.0 Å². The van der Waals surface area contributed by atoms with Crippen LogP contribution in [0, 0.1) is 0 Å². The van der Waals surface area contributed by atoms with E-state index in [1.54, 1.807) is 6.26 Å². The Hall–Kier alpha value is -2.88. The fourth-order valence-corrected chi connectivity index (χ4v) is 2.73. The molecule has 0 saturated carbocycles. The maximum absolute atomic E-state index is 9.77. The molecular formula is C20H25NO8. The van der Waals surface area contributed by atoms with Crippen LogP contribution in [0.25, 0.3) is 0 Å². The Balaban J connectivity index is 0.000000257. The number of aliphatic hydroxyl groups is 2. The molecule has 9 heteroatoms. The lowest BCUT2D eigenvalue weighted by atomic mass is 10.1. The molecule has 0 aliphatic carbocycles. The van der Waals surface area contributed by atoms with Gasteiger partial charge >= 0.3 is 11.9 Å². The molecule has 2 atom stereocenters. The Morgan fingerprint density at radius 2 is 1.55 bits per heavy atom. The summed E-state index contributed by atoms with van der Waals surface area (Å²) in [5.74, 6) is -0.941. The zero-order valence-corrected chi connectivity index (χ0v) is 15.8. The number of nitrogens with zero attached hydrogens (tertiary/aromatic N) is 1. The summed E-state index contributed by atoms with van der Waals surface area (Å²) in [4.78, 5) is 22.0. The number of likely N-dealkylation sites (tertiary alicyclic amines) is 1. The second kappa shape index (κ2) is 11.2. The van der Waals surface area contributed by atoms with E-state index in [2.05, 4.69) is 4.90 Å². The molecule has 1 aliphatic heterocycles. The van der Waals surface area contributed by atoms with Crippen LogP contribution in [0.4, 0.5) is 0 Å². The van der Waals surface area contributed by atoms with Gasteiger partial charge in [-0.05, 0) is 38.1 Å². The molecule has 1 aromatic heterocycles. The lowest BCUT2D eigenvalue weighted by Gasteiger charge is -2.25. The van der Waals surface area contributed by atoms with E-state index in [4.69, 9.17) is 29.6 Å². The molecule has 2 aromatic rings. The highest BCUT2D eigenvalue weighted by Crippen LogP contribution is 2.24. The second-order valence-corrected chi connectivity index (χ2v) is 6.57. The number of furan rings is 1. The Morgan fingerprint density at radius 1 is 0.966 bits per heavy atom. The first kappa shape index (κ1) is 22.4. The summed E-state index contributed by atoms with van der Waals surface area (Å²) in [5, 5.41) is 32.5. The maximum atomic E-state index is 9.77. The number of carboxylic acids is 2. The molecule has 9 nitrogen and oxygen atoms in total. The van der Waals surface area contributed by atoms with E-state index >= 15 is 0 Å². The van der Waals surface area contributed by atoms with Gasteiger partial charge < -0.3 is 29.6 Å². The van der Waals surface area contributed by atoms with E-state index in [9.17, 15) is 9.59 Å². The second-order valence-electron chi connectivity index (χ2n) is 6.57. The van der Waals surface area contributed by atoms with Crippen molar-refractivity contribution in [2.24, 2.45) is 0 Å². The van der Waals surface area contributed by atoms with Gasteiger partial charge in [0, 0.05) is 6.07 Å². The van der Waals surface area contributed by atoms with E-state index in [0.29, 0.717) is 0 Å². The number of carboxylic acid groups (broad SMARTS) is 2. The molecule has 0 spiro atoms.